The number of hydrogen-bond acceptors (Lipinski definition) is 5. The first kappa shape index (κ1) is 29.5. The Labute approximate surface area is 252 Å². The highest BCUT2D eigenvalue weighted by Gasteiger charge is 2.21. The van der Waals surface area contributed by atoms with Crippen molar-refractivity contribution in [2.45, 2.75) is 39.3 Å². The van der Waals surface area contributed by atoms with Crippen molar-refractivity contribution in [1.29, 1.82) is 5.26 Å². The number of nitrogens with zero attached hydrogens (tertiary/aromatic N) is 5. The van der Waals surface area contributed by atoms with E-state index in [1.54, 1.807) is 25.3 Å². The molecule has 0 fully saturated rings. The van der Waals surface area contributed by atoms with E-state index >= 15 is 0 Å². The Bertz CT molecular complexity index is 1840. The lowest BCUT2D eigenvalue weighted by molar-refractivity contribution is 0.0930. The summed E-state index contributed by atoms with van der Waals surface area (Å²) in [7, 11) is 0. The Morgan fingerprint density at radius 2 is 1.93 bits per heavy atom. The van der Waals surface area contributed by atoms with Gasteiger partial charge in [0.25, 0.3) is 11.8 Å². The third kappa shape index (κ3) is 6.42. The third-order valence-corrected chi connectivity index (χ3v) is 7.67. The van der Waals surface area contributed by atoms with Crippen LogP contribution >= 0.6 is 11.6 Å². The molecule has 0 aliphatic carbocycles. The van der Waals surface area contributed by atoms with Crippen molar-refractivity contribution in [3.8, 4) is 6.07 Å². The van der Waals surface area contributed by atoms with Crippen LogP contribution in [0.25, 0.3) is 5.65 Å². The maximum absolute atomic E-state index is 14.4. The Morgan fingerprint density at radius 3 is 2.72 bits per heavy atom. The second kappa shape index (κ2) is 12.9. The van der Waals surface area contributed by atoms with E-state index in [0.717, 1.165) is 22.5 Å². The van der Waals surface area contributed by atoms with Crippen LogP contribution in [0.5, 0.6) is 0 Å². The standard InChI is InChI=1S/C32H29ClFN7O2/c1-20-8-9-23(17-22(20)10-11-25-19-37-29-7-4-14-38-41(25)29)31(42)36-15-16-40-24(18-35)12-13-28(40)32(43)39-21(2)30-26(33)5-3-6-27(30)34/h3-9,12-14,17,19,21H,10-11,15-16H2,1-2H3,(H,36,42)(H,39,43). The van der Waals surface area contributed by atoms with E-state index in [4.69, 9.17) is 11.6 Å². The quantitative estimate of drug-likeness (QED) is 0.229. The van der Waals surface area contributed by atoms with Crippen LogP contribution < -0.4 is 10.6 Å². The minimum Gasteiger partial charge on any atom is -0.350 e. The molecule has 5 aromatic rings. The fourth-order valence-corrected chi connectivity index (χ4v) is 5.38. The number of rotatable bonds is 10. The molecule has 11 heteroatoms. The van der Waals surface area contributed by atoms with Crippen LogP contribution in [-0.2, 0) is 19.4 Å². The highest BCUT2D eigenvalue weighted by Crippen LogP contribution is 2.26. The number of nitriles is 1. The first-order valence-corrected chi connectivity index (χ1v) is 14.1. The number of hydrogen-bond donors (Lipinski definition) is 2. The van der Waals surface area contributed by atoms with Crippen molar-refractivity contribution >= 4 is 29.1 Å². The molecule has 2 amide bonds. The van der Waals surface area contributed by atoms with Crippen LogP contribution in [0.3, 0.4) is 0 Å². The predicted molar refractivity (Wildman–Crippen MR) is 160 cm³/mol. The summed E-state index contributed by atoms with van der Waals surface area (Å²) in [5.41, 5.74) is 5.05. The lowest BCUT2D eigenvalue weighted by atomic mass is 10.00. The highest BCUT2D eigenvalue weighted by atomic mass is 35.5. The minimum absolute atomic E-state index is 0.174. The molecule has 3 aromatic heterocycles. The van der Waals surface area contributed by atoms with Gasteiger partial charge in [-0.2, -0.15) is 10.4 Å². The van der Waals surface area contributed by atoms with Gasteiger partial charge >= 0.3 is 0 Å². The van der Waals surface area contributed by atoms with Gasteiger partial charge in [0.05, 0.1) is 17.9 Å². The van der Waals surface area contributed by atoms with Crippen LogP contribution in [0, 0.1) is 24.1 Å². The summed E-state index contributed by atoms with van der Waals surface area (Å²) in [6, 6.07) is 18.1. The maximum atomic E-state index is 14.4. The third-order valence-electron chi connectivity index (χ3n) is 7.34. The molecule has 2 N–H and O–H groups in total. The van der Waals surface area contributed by atoms with Gasteiger partial charge in [-0.3, -0.25) is 9.59 Å². The number of aromatic nitrogens is 4. The smallest absolute Gasteiger partial charge is 0.268 e. The number of benzene rings is 2. The molecule has 5 rings (SSSR count). The van der Waals surface area contributed by atoms with Gasteiger partial charge in [0.15, 0.2) is 5.65 Å². The number of halogens is 2. The summed E-state index contributed by atoms with van der Waals surface area (Å²) in [5.74, 6) is -1.29. The summed E-state index contributed by atoms with van der Waals surface area (Å²) >= 11 is 6.15. The van der Waals surface area contributed by atoms with Crippen molar-refractivity contribution in [2.24, 2.45) is 0 Å². The Morgan fingerprint density at radius 1 is 1.09 bits per heavy atom. The molecule has 2 aromatic carbocycles. The van der Waals surface area contributed by atoms with E-state index in [9.17, 15) is 19.2 Å². The summed E-state index contributed by atoms with van der Waals surface area (Å²) in [5, 5.41) is 19.8. The molecule has 9 nitrogen and oxygen atoms in total. The zero-order chi connectivity index (χ0) is 30.5. The molecule has 1 unspecified atom stereocenters. The fraction of sp³-hybridized carbons (Fsp3) is 0.219. The number of imidazole rings is 1. The molecule has 0 saturated carbocycles. The number of aryl methyl sites for hydroxylation is 3. The fourth-order valence-electron chi connectivity index (χ4n) is 5.05. The molecule has 0 spiro atoms. The molecule has 3 heterocycles. The van der Waals surface area contributed by atoms with E-state index in [1.165, 1.54) is 28.8 Å². The molecule has 1 atom stereocenters. The molecular weight excluding hydrogens is 569 g/mol. The van der Waals surface area contributed by atoms with Crippen molar-refractivity contribution in [3.05, 3.63) is 123 Å². The maximum Gasteiger partial charge on any atom is 0.268 e. The van der Waals surface area contributed by atoms with Gasteiger partial charge in [-0.25, -0.2) is 13.9 Å². The Hall–Kier alpha value is -5.01. The van der Waals surface area contributed by atoms with Crippen LogP contribution in [0.1, 0.15) is 61.9 Å². The average molecular weight is 598 g/mol. The lowest BCUT2D eigenvalue weighted by Crippen LogP contribution is -2.32. The van der Waals surface area contributed by atoms with E-state index in [2.05, 4.69) is 26.8 Å². The molecule has 0 aliphatic rings. The average Bonchev–Trinajstić information content (AvgIpc) is 3.60. The Balaban J connectivity index is 1.22. The number of amides is 2. The SMILES string of the molecule is Cc1ccc(C(=O)NCCn2c(C#N)ccc2C(=O)NC(C)c2c(F)cccc2Cl)cc1CCc1cnc2cccnn12. The largest absolute Gasteiger partial charge is 0.350 e. The molecule has 43 heavy (non-hydrogen) atoms. The van der Waals surface area contributed by atoms with Gasteiger partial charge in [0.1, 0.15) is 23.3 Å². The first-order valence-electron chi connectivity index (χ1n) is 13.8. The van der Waals surface area contributed by atoms with Crippen molar-refractivity contribution in [1.82, 2.24) is 29.8 Å². The molecule has 0 radical (unpaired) electrons. The summed E-state index contributed by atoms with van der Waals surface area (Å²) < 4.78 is 17.7. The van der Waals surface area contributed by atoms with Crippen molar-refractivity contribution in [2.75, 3.05) is 6.54 Å². The van der Waals surface area contributed by atoms with Gasteiger partial charge in [0.2, 0.25) is 0 Å². The van der Waals surface area contributed by atoms with E-state index in [-0.39, 0.29) is 41.0 Å². The molecule has 0 saturated heterocycles. The Kier molecular flexibility index (Phi) is 8.83. The van der Waals surface area contributed by atoms with Gasteiger partial charge in [-0.05, 0) is 86.3 Å². The summed E-state index contributed by atoms with van der Waals surface area (Å²) in [6.07, 6.45) is 4.96. The second-order valence-electron chi connectivity index (χ2n) is 10.1. The molecular formula is C32H29ClFN7O2. The number of nitrogens with one attached hydrogen (secondary N) is 2. The summed E-state index contributed by atoms with van der Waals surface area (Å²) in [4.78, 5) is 30.5. The number of carbonyl (C=O) groups excluding carboxylic acids is 2. The van der Waals surface area contributed by atoms with E-state index in [1.807, 2.05) is 41.9 Å². The van der Waals surface area contributed by atoms with Crippen LogP contribution in [0.4, 0.5) is 4.39 Å². The zero-order valence-corrected chi connectivity index (χ0v) is 24.4. The number of carbonyl (C=O) groups is 2. The first-order chi connectivity index (χ1) is 20.8. The van der Waals surface area contributed by atoms with Gasteiger partial charge in [0, 0.05) is 35.4 Å². The monoisotopic (exact) mass is 597 g/mol. The van der Waals surface area contributed by atoms with Crippen LogP contribution in [0.15, 0.2) is 73.1 Å². The van der Waals surface area contributed by atoms with Gasteiger partial charge < -0.3 is 15.2 Å². The zero-order valence-electron chi connectivity index (χ0n) is 23.6. The van der Waals surface area contributed by atoms with E-state index in [0.29, 0.717) is 18.4 Å². The second-order valence-corrected chi connectivity index (χ2v) is 10.5. The van der Waals surface area contributed by atoms with Gasteiger partial charge in [-0.15, -0.1) is 0 Å². The topological polar surface area (TPSA) is 117 Å². The molecule has 0 aliphatic heterocycles. The predicted octanol–water partition coefficient (Wildman–Crippen LogP) is 5.21. The van der Waals surface area contributed by atoms with E-state index < -0.39 is 17.8 Å². The highest BCUT2D eigenvalue weighted by molar-refractivity contribution is 6.31. The molecule has 0 bridgehead atoms. The minimum atomic E-state index is -0.713. The lowest BCUT2D eigenvalue weighted by Gasteiger charge is -2.18. The van der Waals surface area contributed by atoms with Crippen LogP contribution in [0.2, 0.25) is 5.02 Å². The summed E-state index contributed by atoms with van der Waals surface area (Å²) in [6.45, 7) is 3.99. The molecule has 218 valence electrons. The van der Waals surface area contributed by atoms with Crippen molar-refractivity contribution in [3.63, 3.8) is 0 Å². The normalized spacial score (nSPS) is 11.7. The van der Waals surface area contributed by atoms with Gasteiger partial charge in [-0.1, -0.05) is 23.7 Å². The van der Waals surface area contributed by atoms with Crippen LogP contribution in [-0.4, -0.2) is 37.5 Å². The number of fused-ring (bicyclic) bond motifs is 1. The van der Waals surface area contributed by atoms with Crippen molar-refractivity contribution < 1.29 is 14.0 Å².